The van der Waals surface area contributed by atoms with Gasteiger partial charge in [0.15, 0.2) is 0 Å². The average molecular weight is 411 g/mol. The number of hydrogen-bond donors (Lipinski definition) is 2. The van der Waals surface area contributed by atoms with Crippen molar-refractivity contribution in [1.29, 1.82) is 0 Å². The first kappa shape index (κ1) is 21.5. The third-order valence-corrected chi connectivity index (χ3v) is 5.37. The number of urea groups is 1. The number of anilines is 1. The van der Waals surface area contributed by atoms with Gasteiger partial charge < -0.3 is 10.6 Å². The van der Waals surface area contributed by atoms with E-state index in [1.165, 1.54) is 24.3 Å². The van der Waals surface area contributed by atoms with Crippen LogP contribution in [0.15, 0.2) is 48.5 Å². The summed E-state index contributed by atoms with van der Waals surface area (Å²) < 4.78 is 13.4. The molecule has 7 heteroatoms. The molecule has 0 aromatic heterocycles. The highest BCUT2D eigenvalue weighted by atomic mass is 19.1. The topological polar surface area (TPSA) is 78.5 Å². The van der Waals surface area contributed by atoms with Crippen LogP contribution in [0.3, 0.4) is 0 Å². The minimum atomic E-state index is -1.29. The molecule has 1 heterocycles. The molecular weight excluding hydrogens is 385 g/mol. The molecule has 0 spiro atoms. The van der Waals surface area contributed by atoms with E-state index in [0.29, 0.717) is 24.1 Å². The highest BCUT2D eigenvalue weighted by Crippen LogP contribution is 2.34. The normalized spacial score (nSPS) is 18.4. The van der Waals surface area contributed by atoms with Crippen molar-refractivity contribution >= 4 is 23.5 Å². The third kappa shape index (κ3) is 4.35. The standard InChI is InChI=1S/C23H26FN3O3/c1-3-5-14-23(17-8-10-18(24)11-9-17)21(29)27(22(30)26-23)15-20(28)25-19-12-6-16(4-2)7-13-19/h6-13H,3-5,14-15H2,1-2H3,(H,25,28)(H,26,30)/t23-/m1/s1. The van der Waals surface area contributed by atoms with Crippen molar-refractivity contribution in [2.24, 2.45) is 0 Å². The van der Waals surface area contributed by atoms with Gasteiger partial charge in [0, 0.05) is 5.69 Å². The number of halogens is 1. The van der Waals surface area contributed by atoms with Crippen molar-refractivity contribution in [2.75, 3.05) is 11.9 Å². The lowest BCUT2D eigenvalue weighted by Crippen LogP contribution is -2.44. The highest BCUT2D eigenvalue weighted by Gasteiger charge is 2.52. The molecule has 0 aliphatic carbocycles. The predicted octanol–water partition coefficient (Wildman–Crippen LogP) is 3.96. The first-order valence-electron chi connectivity index (χ1n) is 10.2. The number of carbonyl (C=O) groups is 3. The van der Waals surface area contributed by atoms with Gasteiger partial charge in [-0.1, -0.05) is 51.0 Å². The Kier molecular flexibility index (Phi) is 6.50. The Morgan fingerprint density at radius 2 is 1.73 bits per heavy atom. The van der Waals surface area contributed by atoms with Gasteiger partial charge >= 0.3 is 6.03 Å². The summed E-state index contributed by atoms with van der Waals surface area (Å²) in [6, 6.07) is 12.3. The smallest absolute Gasteiger partial charge is 0.325 e. The van der Waals surface area contributed by atoms with E-state index in [2.05, 4.69) is 10.6 Å². The maximum absolute atomic E-state index is 13.4. The van der Waals surface area contributed by atoms with Gasteiger partial charge in [-0.25, -0.2) is 9.18 Å². The number of benzene rings is 2. The minimum absolute atomic E-state index is 0.371. The molecule has 1 aliphatic heterocycles. The van der Waals surface area contributed by atoms with Crippen LogP contribution in [0, 0.1) is 5.82 Å². The number of imide groups is 1. The number of rotatable bonds is 8. The van der Waals surface area contributed by atoms with Crippen molar-refractivity contribution in [2.45, 2.75) is 45.1 Å². The van der Waals surface area contributed by atoms with Gasteiger partial charge in [0.2, 0.25) is 5.91 Å². The SMILES string of the molecule is CCCC[C@]1(c2ccc(F)cc2)NC(=O)N(CC(=O)Nc2ccc(CC)cc2)C1=O. The Morgan fingerprint density at radius 1 is 1.07 bits per heavy atom. The number of carbonyl (C=O) groups excluding carboxylic acids is 3. The molecule has 3 rings (SSSR count). The molecule has 1 fully saturated rings. The fraction of sp³-hybridized carbons (Fsp3) is 0.348. The van der Waals surface area contributed by atoms with Gasteiger partial charge in [-0.2, -0.15) is 0 Å². The quantitative estimate of drug-likeness (QED) is 0.646. The van der Waals surface area contributed by atoms with Crippen LogP contribution in [0.25, 0.3) is 0 Å². The molecule has 0 saturated carbocycles. The number of nitrogens with one attached hydrogen (secondary N) is 2. The Hall–Kier alpha value is -3.22. The van der Waals surface area contributed by atoms with Crippen molar-refractivity contribution in [3.63, 3.8) is 0 Å². The van der Waals surface area contributed by atoms with E-state index < -0.39 is 35.7 Å². The van der Waals surface area contributed by atoms with Crippen molar-refractivity contribution < 1.29 is 18.8 Å². The molecule has 158 valence electrons. The molecule has 2 N–H and O–H groups in total. The summed E-state index contributed by atoms with van der Waals surface area (Å²) >= 11 is 0. The summed E-state index contributed by atoms with van der Waals surface area (Å²) in [5.74, 6) is -1.39. The Labute approximate surface area is 175 Å². The van der Waals surface area contributed by atoms with Crippen LogP contribution in [0.5, 0.6) is 0 Å². The zero-order valence-corrected chi connectivity index (χ0v) is 17.2. The van der Waals surface area contributed by atoms with E-state index in [1.54, 1.807) is 12.1 Å². The summed E-state index contributed by atoms with van der Waals surface area (Å²) in [6.07, 6.45) is 2.77. The summed E-state index contributed by atoms with van der Waals surface area (Å²) in [4.78, 5) is 39.3. The van der Waals surface area contributed by atoms with E-state index >= 15 is 0 Å². The Bertz CT molecular complexity index is 928. The Morgan fingerprint density at radius 3 is 2.33 bits per heavy atom. The van der Waals surface area contributed by atoms with Crippen LogP contribution in [-0.4, -0.2) is 29.3 Å². The van der Waals surface area contributed by atoms with Crippen molar-refractivity contribution in [1.82, 2.24) is 10.2 Å². The first-order valence-corrected chi connectivity index (χ1v) is 10.2. The second-order valence-corrected chi connectivity index (χ2v) is 7.44. The van der Waals surface area contributed by atoms with Crippen molar-refractivity contribution in [3.05, 3.63) is 65.5 Å². The van der Waals surface area contributed by atoms with Crippen LogP contribution in [0.2, 0.25) is 0 Å². The van der Waals surface area contributed by atoms with Crippen LogP contribution in [0.4, 0.5) is 14.9 Å². The second kappa shape index (κ2) is 9.07. The molecule has 2 aromatic rings. The molecule has 2 aromatic carbocycles. The second-order valence-electron chi connectivity index (χ2n) is 7.44. The number of hydrogen-bond acceptors (Lipinski definition) is 3. The predicted molar refractivity (Wildman–Crippen MR) is 112 cm³/mol. The average Bonchev–Trinajstić information content (AvgIpc) is 2.98. The number of amides is 4. The van der Waals surface area contributed by atoms with Crippen molar-refractivity contribution in [3.8, 4) is 0 Å². The maximum Gasteiger partial charge on any atom is 0.325 e. The van der Waals surface area contributed by atoms with Gasteiger partial charge in [-0.15, -0.1) is 0 Å². The fourth-order valence-electron chi connectivity index (χ4n) is 3.62. The molecule has 0 radical (unpaired) electrons. The van der Waals surface area contributed by atoms with E-state index in [-0.39, 0.29) is 0 Å². The lowest BCUT2D eigenvalue weighted by Gasteiger charge is -2.27. The molecule has 1 saturated heterocycles. The molecule has 4 amide bonds. The van der Waals surface area contributed by atoms with Gasteiger partial charge in [-0.05, 0) is 48.2 Å². The molecule has 6 nitrogen and oxygen atoms in total. The van der Waals surface area contributed by atoms with Crippen LogP contribution < -0.4 is 10.6 Å². The monoisotopic (exact) mass is 411 g/mol. The zero-order valence-electron chi connectivity index (χ0n) is 17.2. The maximum atomic E-state index is 13.4. The number of nitrogens with zero attached hydrogens (tertiary/aromatic N) is 1. The lowest BCUT2D eigenvalue weighted by molar-refractivity contribution is -0.134. The molecule has 0 bridgehead atoms. The summed E-state index contributed by atoms with van der Waals surface area (Å²) in [7, 11) is 0. The zero-order chi connectivity index (χ0) is 21.7. The molecule has 30 heavy (non-hydrogen) atoms. The third-order valence-electron chi connectivity index (χ3n) is 5.37. The summed E-state index contributed by atoms with van der Waals surface area (Å²) in [5, 5.41) is 5.47. The highest BCUT2D eigenvalue weighted by molar-refractivity contribution is 6.10. The van der Waals surface area contributed by atoms with Crippen LogP contribution in [-0.2, 0) is 21.5 Å². The molecule has 0 unspecified atom stereocenters. The van der Waals surface area contributed by atoms with E-state index in [9.17, 15) is 18.8 Å². The first-order chi connectivity index (χ1) is 14.4. The van der Waals surface area contributed by atoms with Gasteiger partial charge in [0.1, 0.15) is 17.9 Å². The Balaban J connectivity index is 1.78. The van der Waals surface area contributed by atoms with Crippen LogP contribution >= 0.6 is 0 Å². The van der Waals surface area contributed by atoms with E-state index in [0.717, 1.165) is 23.3 Å². The van der Waals surface area contributed by atoms with Gasteiger partial charge in [0.05, 0.1) is 0 Å². The number of unbranched alkanes of at least 4 members (excludes halogenated alkanes) is 1. The largest absolute Gasteiger partial charge is 0.325 e. The number of aryl methyl sites for hydroxylation is 1. The van der Waals surface area contributed by atoms with Crippen LogP contribution in [0.1, 0.15) is 44.2 Å². The summed E-state index contributed by atoms with van der Waals surface area (Å²) in [6.45, 7) is 3.63. The minimum Gasteiger partial charge on any atom is -0.325 e. The van der Waals surface area contributed by atoms with Gasteiger partial charge in [-0.3, -0.25) is 14.5 Å². The fourth-order valence-corrected chi connectivity index (χ4v) is 3.62. The molecular formula is C23H26FN3O3. The molecule has 1 aliphatic rings. The summed E-state index contributed by atoms with van der Waals surface area (Å²) in [5.41, 5.74) is 0.958. The lowest BCUT2D eigenvalue weighted by atomic mass is 9.85. The van der Waals surface area contributed by atoms with Gasteiger partial charge in [0.25, 0.3) is 5.91 Å². The van der Waals surface area contributed by atoms with E-state index in [1.807, 2.05) is 26.0 Å². The molecule has 1 atom stereocenters. The van der Waals surface area contributed by atoms with E-state index in [4.69, 9.17) is 0 Å².